The zero-order valence-electron chi connectivity index (χ0n) is 8.48. The fourth-order valence-corrected chi connectivity index (χ4v) is 3.08. The summed E-state index contributed by atoms with van der Waals surface area (Å²) in [6, 6.07) is 4.06. The first-order valence-corrected chi connectivity index (χ1v) is 5.66. The van der Waals surface area contributed by atoms with E-state index < -0.39 is 0 Å². The minimum absolute atomic E-state index is 0.991. The number of hydrogen-bond acceptors (Lipinski definition) is 2. The van der Waals surface area contributed by atoms with Crippen molar-refractivity contribution in [2.45, 2.75) is 25.8 Å². The van der Waals surface area contributed by atoms with Crippen molar-refractivity contribution in [3.8, 4) is 0 Å². The summed E-state index contributed by atoms with van der Waals surface area (Å²) in [5, 5.41) is 0. The summed E-state index contributed by atoms with van der Waals surface area (Å²) in [5.74, 6) is 3.10. The second-order valence-corrected chi connectivity index (χ2v) is 4.72. The van der Waals surface area contributed by atoms with Crippen LogP contribution in [-0.4, -0.2) is 18.0 Å². The fraction of sp³-hybridized carbons (Fsp3) is 0.667. The molecule has 0 spiro atoms. The van der Waals surface area contributed by atoms with Crippen LogP contribution in [-0.2, 0) is 6.54 Å². The van der Waals surface area contributed by atoms with Crippen LogP contribution in [0.25, 0.3) is 0 Å². The van der Waals surface area contributed by atoms with Crippen molar-refractivity contribution in [3.05, 3.63) is 24.2 Å². The Hall–Kier alpha value is -0.760. The maximum absolute atomic E-state index is 5.38. The zero-order valence-corrected chi connectivity index (χ0v) is 8.48. The molecule has 0 aromatic carbocycles. The monoisotopic (exact) mass is 191 g/mol. The van der Waals surface area contributed by atoms with Crippen molar-refractivity contribution >= 4 is 0 Å². The van der Waals surface area contributed by atoms with Gasteiger partial charge in [0.15, 0.2) is 0 Å². The number of hydrogen-bond donors (Lipinski definition) is 0. The number of nitrogens with zero attached hydrogens (tertiary/aromatic N) is 1. The van der Waals surface area contributed by atoms with E-state index in [1.807, 2.05) is 6.07 Å². The summed E-state index contributed by atoms with van der Waals surface area (Å²) < 4.78 is 5.38. The van der Waals surface area contributed by atoms with Crippen LogP contribution in [0.3, 0.4) is 0 Å². The van der Waals surface area contributed by atoms with Crippen LogP contribution >= 0.6 is 0 Å². The smallest absolute Gasteiger partial charge is 0.117 e. The third-order valence-corrected chi connectivity index (χ3v) is 3.76. The number of rotatable bonds is 2. The van der Waals surface area contributed by atoms with E-state index in [9.17, 15) is 0 Å². The van der Waals surface area contributed by atoms with Gasteiger partial charge in [-0.2, -0.15) is 0 Å². The Morgan fingerprint density at radius 1 is 1.29 bits per heavy atom. The predicted molar refractivity (Wildman–Crippen MR) is 54.8 cm³/mol. The van der Waals surface area contributed by atoms with Crippen LogP contribution in [0.5, 0.6) is 0 Å². The van der Waals surface area contributed by atoms with Crippen LogP contribution in [0.15, 0.2) is 22.8 Å². The Balaban J connectivity index is 1.61. The topological polar surface area (TPSA) is 16.4 Å². The summed E-state index contributed by atoms with van der Waals surface area (Å²) in [6.07, 6.45) is 6.15. The fourth-order valence-electron chi connectivity index (χ4n) is 3.08. The van der Waals surface area contributed by atoms with Crippen LogP contribution in [0.2, 0.25) is 0 Å². The molecule has 0 amide bonds. The van der Waals surface area contributed by atoms with Gasteiger partial charge in [0, 0.05) is 13.1 Å². The highest BCUT2D eigenvalue weighted by Gasteiger charge is 2.35. The van der Waals surface area contributed by atoms with E-state index in [1.54, 1.807) is 6.26 Å². The Morgan fingerprint density at radius 2 is 2.07 bits per heavy atom. The van der Waals surface area contributed by atoms with E-state index in [-0.39, 0.29) is 0 Å². The number of likely N-dealkylation sites (tertiary alicyclic amines) is 1. The van der Waals surface area contributed by atoms with Crippen LogP contribution < -0.4 is 0 Å². The first-order valence-electron chi connectivity index (χ1n) is 5.66. The van der Waals surface area contributed by atoms with Crippen molar-refractivity contribution in [2.24, 2.45) is 11.8 Å². The first-order chi connectivity index (χ1) is 6.92. The average Bonchev–Trinajstić information content (AvgIpc) is 2.78. The molecule has 2 atom stereocenters. The van der Waals surface area contributed by atoms with Gasteiger partial charge in [0.1, 0.15) is 5.76 Å². The molecule has 2 fully saturated rings. The standard InChI is InChI=1S/C12H17NO/c1-3-10-7-13(8-11(10)4-1)9-12-5-2-6-14-12/h2,5-6,10-11H,1,3-4,7-9H2. The summed E-state index contributed by atoms with van der Waals surface area (Å²) in [5.41, 5.74) is 0. The molecule has 1 aliphatic heterocycles. The highest BCUT2D eigenvalue weighted by Crippen LogP contribution is 2.38. The molecule has 2 heterocycles. The van der Waals surface area contributed by atoms with Gasteiger partial charge in [-0.15, -0.1) is 0 Å². The van der Waals surface area contributed by atoms with Crippen molar-refractivity contribution in [3.63, 3.8) is 0 Å². The van der Waals surface area contributed by atoms with Crippen molar-refractivity contribution in [2.75, 3.05) is 13.1 Å². The van der Waals surface area contributed by atoms with Gasteiger partial charge >= 0.3 is 0 Å². The molecule has 14 heavy (non-hydrogen) atoms. The molecule has 3 rings (SSSR count). The second kappa shape index (κ2) is 3.43. The quantitative estimate of drug-likeness (QED) is 0.714. The van der Waals surface area contributed by atoms with Crippen LogP contribution in [0.4, 0.5) is 0 Å². The van der Waals surface area contributed by atoms with E-state index in [0.717, 1.165) is 24.1 Å². The maximum atomic E-state index is 5.38. The highest BCUT2D eigenvalue weighted by molar-refractivity contribution is 4.99. The maximum Gasteiger partial charge on any atom is 0.117 e. The van der Waals surface area contributed by atoms with Gasteiger partial charge in [0.25, 0.3) is 0 Å². The number of furan rings is 1. The van der Waals surface area contributed by atoms with E-state index in [4.69, 9.17) is 4.42 Å². The molecule has 1 saturated carbocycles. The highest BCUT2D eigenvalue weighted by atomic mass is 16.3. The normalized spacial score (nSPS) is 32.3. The lowest BCUT2D eigenvalue weighted by atomic mass is 10.0. The summed E-state index contributed by atoms with van der Waals surface area (Å²) >= 11 is 0. The third-order valence-electron chi connectivity index (χ3n) is 3.76. The molecule has 2 nitrogen and oxygen atoms in total. The van der Waals surface area contributed by atoms with Gasteiger partial charge in [0.05, 0.1) is 12.8 Å². The predicted octanol–water partition coefficient (Wildman–Crippen LogP) is 2.51. The minimum Gasteiger partial charge on any atom is -0.468 e. The molecule has 0 N–H and O–H groups in total. The SMILES string of the molecule is c1coc(CN2CC3CCCC3C2)c1. The van der Waals surface area contributed by atoms with Gasteiger partial charge in [-0.05, 0) is 36.8 Å². The largest absolute Gasteiger partial charge is 0.468 e. The number of fused-ring (bicyclic) bond motifs is 1. The molecule has 2 unspecified atom stereocenters. The summed E-state index contributed by atoms with van der Waals surface area (Å²) in [4.78, 5) is 2.55. The molecule has 1 aliphatic carbocycles. The molecule has 1 aromatic heterocycles. The second-order valence-electron chi connectivity index (χ2n) is 4.72. The molecule has 2 heteroatoms. The zero-order chi connectivity index (χ0) is 9.38. The van der Waals surface area contributed by atoms with Gasteiger partial charge in [-0.1, -0.05) is 6.42 Å². The molecule has 76 valence electrons. The Labute approximate surface area is 84.9 Å². The molecule has 1 saturated heterocycles. The molecular formula is C12H17NO. The molecular weight excluding hydrogens is 174 g/mol. The van der Waals surface area contributed by atoms with Gasteiger partial charge in [0.2, 0.25) is 0 Å². The molecule has 0 bridgehead atoms. The Kier molecular flexibility index (Phi) is 2.09. The van der Waals surface area contributed by atoms with Crippen molar-refractivity contribution in [1.82, 2.24) is 4.90 Å². The van der Waals surface area contributed by atoms with E-state index >= 15 is 0 Å². The lowest BCUT2D eigenvalue weighted by Gasteiger charge is -2.14. The third kappa shape index (κ3) is 1.48. The van der Waals surface area contributed by atoms with E-state index in [2.05, 4.69) is 11.0 Å². The van der Waals surface area contributed by atoms with E-state index in [0.29, 0.717) is 0 Å². The van der Waals surface area contributed by atoms with Gasteiger partial charge in [-0.25, -0.2) is 0 Å². The first kappa shape index (κ1) is 8.54. The molecule has 0 radical (unpaired) electrons. The van der Waals surface area contributed by atoms with Crippen LogP contribution in [0.1, 0.15) is 25.0 Å². The molecule has 2 aliphatic rings. The Bertz CT molecular complexity index is 281. The summed E-state index contributed by atoms with van der Waals surface area (Å²) in [6.45, 7) is 3.61. The van der Waals surface area contributed by atoms with Crippen molar-refractivity contribution in [1.29, 1.82) is 0 Å². The Morgan fingerprint density at radius 3 is 2.71 bits per heavy atom. The van der Waals surface area contributed by atoms with Crippen LogP contribution in [0, 0.1) is 11.8 Å². The summed E-state index contributed by atoms with van der Waals surface area (Å²) in [7, 11) is 0. The van der Waals surface area contributed by atoms with Gasteiger partial charge in [-0.3, -0.25) is 4.90 Å². The lowest BCUT2D eigenvalue weighted by Crippen LogP contribution is -2.20. The minimum atomic E-state index is 0.991. The lowest BCUT2D eigenvalue weighted by molar-refractivity contribution is 0.276. The van der Waals surface area contributed by atoms with Crippen molar-refractivity contribution < 1.29 is 4.42 Å². The van der Waals surface area contributed by atoms with Gasteiger partial charge < -0.3 is 4.42 Å². The van der Waals surface area contributed by atoms with E-state index in [1.165, 1.54) is 32.4 Å². The molecule has 1 aromatic rings. The average molecular weight is 191 g/mol.